The van der Waals surface area contributed by atoms with Gasteiger partial charge in [0.25, 0.3) is 0 Å². The largest absolute Gasteiger partial charge is 0.496 e. The van der Waals surface area contributed by atoms with E-state index >= 15 is 0 Å². The second kappa shape index (κ2) is 8.66. The minimum Gasteiger partial charge on any atom is -0.496 e. The van der Waals surface area contributed by atoms with E-state index in [1.807, 2.05) is 12.1 Å². The van der Waals surface area contributed by atoms with Crippen molar-refractivity contribution in [3.05, 3.63) is 70.3 Å². The fraction of sp³-hybridized carbons (Fsp3) is 0.292. The molecule has 1 aliphatic carbocycles. The second-order valence-corrected chi connectivity index (χ2v) is 7.63. The number of hydrogen-bond donors (Lipinski definition) is 0. The topological polar surface area (TPSA) is 35.5 Å². The number of carbonyl (C=O) groups excluding carboxylic acids is 1. The van der Waals surface area contributed by atoms with E-state index < -0.39 is 5.97 Å². The van der Waals surface area contributed by atoms with E-state index in [4.69, 9.17) is 21.1 Å². The van der Waals surface area contributed by atoms with Crippen LogP contribution < -0.4 is 9.47 Å². The van der Waals surface area contributed by atoms with Crippen molar-refractivity contribution in [3.8, 4) is 11.5 Å². The Morgan fingerprint density at radius 2 is 2.00 bits per heavy atom. The van der Waals surface area contributed by atoms with Crippen molar-refractivity contribution in [1.82, 2.24) is 0 Å². The second-order valence-electron chi connectivity index (χ2n) is 7.20. The summed E-state index contributed by atoms with van der Waals surface area (Å²) >= 11 is 6.23. The number of fused-ring (bicyclic) bond motifs is 2. The van der Waals surface area contributed by atoms with Gasteiger partial charge in [-0.3, -0.25) is 0 Å². The molecule has 0 amide bonds. The van der Waals surface area contributed by atoms with Crippen LogP contribution in [-0.2, 0) is 17.6 Å². The molecule has 28 heavy (non-hydrogen) atoms. The third kappa shape index (κ3) is 4.15. The highest BCUT2D eigenvalue weighted by Gasteiger charge is 2.25. The van der Waals surface area contributed by atoms with Crippen molar-refractivity contribution in [2.45, 2.75) is 39.5 Å². The minimum atomic E-state index is -0.468. The Bertz CT molecular complexity index is 995. The summed E-state index contributed by atoms with van der Waals surface area (Å²) in [6.45, 7) is 7.75. The van der Waals surface area contributed by atoms with Crippen molar-refractivity contribution >= 4 is 28.3 Å². The van der Waals surface area contributed by atoms with Crippen LogP contribution in [0.5, 0.6) is 11.5 Å². The normalized spacial score (nSPS) is 12.8. The van der Waals surface area contributed by atoms with Crippen molar-refractivity contribution in [2.75, 3.05) is 7.11 Å². The van der Waals surface area contributed by atoms with Gasteiger partial charge in [0.1, 0.15) is 11.5 Å². The lowest BCUT2D eigenvalue weighted by atomic mass is 9.85. The SMILES string of the molecule is C=CC(=O)Oc1c2c(c(OC)c3cc(Cl)ccc13)CC=C(CCC=C(C)C)C2. The average molecular weight is 397 g/mol. The van der Waals surface area contributed by atoms with E-state index in [1.54, 1.807) is 13.2 Å². The van der Waals surface area contributed by atoms with Gasteiger partial charge in [0.05, 0.1) is 7.11 Å². The highest BCUT2D eigenvalue weighted by atomic mass is 35.5. The monoisotopic (exact) mass is 396 g/mol. The highest BCUT2D eigenvalue weighted by Crippen LogP contribution is 2.45. The average Bonchev–Trinajstić information content (AvgIpc) is 2.67. The first kappa shape index (κ1) is 20.2. The van der Waals surface area contributed by atoms with Gasteiger partial charge in [-0.2, -0.15) is 0 Å². The van der Waals surface area contributed by atoms with Crippen molar-refractivity contribution in [2.24, 2.45) is 0 Å². The molecular weight excluding hydrogens is 372 g/mol. The van der Waals surface area contributed by atoms with Crippen LogP contribution in [0.3, 0.4) is 0 Å². The standard InChI is InChI=1S/C24H25ClO3/c1-5-22(26)28-24-19-12-10-17(25)14-21(19)23(27-4)18-11-9-16(13-20(18)24)8-6-7-15(2)3/h5,7,9-10,12,14H,1,6,8,11,13H2,2-4H3. The van der Waals surface area contributed by atoms with Gasteiger partial charge in [-0.15, -0.1) is 0 Å². The summed E-state index contributed by atoms with van der Waals surface area (Å²) < 4.78 is 11.5. The van der Waals surface area contributed by atoms with E-state index in [-0.39, 0.29) is 0 Å². The number of ether oxygens (including phenoxy) is 2. The lowest BCUT2D eigenvalue weighted by molar-refractivity contribution is -0.128. The predicted octanol–water partition coefficient (Wildman–Crippen LogP) is 6.36. The number of benzene rings is 2. The summed E-state index contributed by atoms with van der Waals surface area (Å²) in [5.41, 5.74) is 4.73. The minimum absolute atomic E-state index is 0.468. The summed E-state index contributed by atoms with van der Waals surface area (Å²) in [4.78, 5) is 12.0. The lowest BCUT2D eigenvalue weighted by Gasteiger charge is -2.24. The molecular formula is C24H25ClO3. The molecule has 0 spiro atoms. The van der Waals surface area contributed by atoms with Crippen molar-refractivity contribution < 1.29 is 14.3 Å². The summed E-state index contributed by atoms with van der Waals surface area (Å²) in [7, 11) is 1.67. The Morgan fingerprint density at radius 1 is 1.21 bits per heavy atom. The summed E-state index contributed by atoms with van der Waals surface area (Å²) in [5.74, 6) is 0.912. The van der Waals surface area contributed by atoms with Gasteiger partial charge in [-0.25, -0.2) is 4.79 Å². The zero-order chi connectivity index (χ0) is 20.3. The van der Waals surface area contributed by atoms with E-state index in [2.05, 4.69) is 32.6 Å². The Hall–Kier alpha value is -2.52. The Balaban J connectivity index is 2.13. The fourth-order valence-corrected chi connectivity index (χ4v) is 3.85. The molecule has 0 saturated heterocycles. The van der Waals surface area contributed by atoms with Crippen LogP contribution in [0, 0.1) is 0 Å². The van der Waals surface area contributed by atoms with Crippen LogP contribution in [0.2, 0.25) is 5.02 Å². The Morgan fingerprint density at radius 3 is 2.68 bits per heavy atom. The van der Waals surface area contributed by atoms with Crippen LogP contribution in [-0.4, -0.2) is 13.1 Å². The molecule has 1 aliphatic rings. The molecule has 2 aromatic rings. The zero-order valence-electron chi connectivity index (χ0n) is 16.6. The van der Waals surface area contributed by atoms with Gasteiger partial charge < -0.3 is 9.47 Å². The maximum Gasteiger partial charge on any atom is 0.335 e. The van der Waals surface area contributed by atoms with Crippen LogP contribution in [0.1, 0.15) is 37.8 Å². The number of hydrogen-bond acceptors (Lipinski definition) is 3. The fourth-order valence-electron chi connectivity index (χ4n) is 3.68. The van der Waals surface area contributed by atoms with Gasteiger partial charge in [-0.1, -0.05) is 41.5 Å². The van der Waals surface area contributed by atoms with Gasteiger partial charge in [0, 0.05) is 33.0 Å². The number of esters is 1. The molecule has 0 aromatic heterocycles. The molecule has 0 heterocycles. The molecule has 4 heteroatoms. The molecule has 0 fully saturated rings. The number of methoxy groups -OCH3 is 1. The quantitative estimate of drug-likeness (QED) is 0.246. The number of allylic oxidation sites excluding steroid dienone is 4. The summed E-state index contributed by atoms with van der Waals surface area (Å²) in [6.07, 6.45) is 9.17. The molecule has 0 radical (unpaired) electrons. The molecule has 0 aliphatic heterocycles. The van der Waals surface area contributed by atoms with Crippen molar-refractivity contribution in [1.29, 1.82) is 0 Å². The third-order valence-electron chi connectivity index (χ3n) is 4.97. The molecule has 0 N–H and O–H groups in total. The molecule has 146 valence electrons. The number of halogens is 1. The van der Waals surface area contributed by atoms with Crippen molar-refractivity contribution in [3.63, 3.8) is 0 Å². The summed E-state index contributed by atoms with van der Waals surface area (Å²) in [6, 6.07) is 5.54. The van der Waals surface area contributed by atoms with Crippen LogP contribution >= 0.6 is 11.6 Å². The van der Waals surface area contributed by atoms with Gasteiger partial charge in [0.2, 0.25) is 0 Å². The van der Waals surface area contributed by atoms with E-state index in [9.17, 15) is 4.79 Å². The van der Waals surface area contributed by atoms with E-state index in [0.29, 0.717) is 10.8 Å². The molecule has 0 atom stereocenters. The van der Waals surface area contributed by atoms with Crippen LogP contribution in [0.4, 0.5) is 0 Å². The van der Waals surface area contributed by atoms with E-state index in [0.717, 1.165) is 53.3 Å². The first-order chi connectivity index (χ1) is 13.4. The molecule has 3 nitrogen and oxygen atoms in total. The maximum absolute atomic E-state index is 12.0. The van der Waals surface area contributed by atoms with E-state index in [1.165, 1.54) is 17.2 Å². The number of rotatable bonds is 6. The molecule has 0 bridgehead atoms. The van der Waals surface area contributed by atoms with Crippen LogP contribution in [0.25, 0.3) is 10.8 Å². The third-order valence-corrected chi connectivity index (χ3v) is 5.21. The molecule has 3 rings (SSSR count). The molecule has 0 saturated carbocycles. The molecule has 0 unspecified atom stereocenters. The first-order valence-corrected chi connectivity index (χ1v) is 9.78. The van der Waals surface area contributed by atoms with Crippen LogP contribution in [0.15, 0.2) is 54.2 Å². The molecule has 2 aromatic carbocycles. The smallest absolute Gasteiger partial charge is 0.335 e. The first-order valence-electron chi connectivity index (χ1n) is 9.41. The summed E-state index contributed by atoms with van der Waals surface area (Å²) in [5, 5.41) is 2.28. The van der Waals surface area contributed by atoms with Gasteiger partial charge in [0.15, 0.2) is 0 Å². The zero-order valence-corrected chi connectivity index (χ0v) is 17.4. The van der Waals surface area contributed by atoms with Gasteiger partial charge in [-0.05, 0) is 57.7 Å². The maximum atomic E-state index is 12.0. The number of carbonyl (C=O) groups is 1. The lowest BCUT2D eigenvalue weighted by Crippen LogP contribution is -2.12. The highest BCUT2D eigenvalue weighted by molar-refractivity contribution is 6.31. The Labute approximate surface area is 171 Å². The Kier molecular flexibility index (Phi) is 6.25. The predicted molar refractivity (Wildman–Crippen MR) is 115 cm³/mol. The van der Waals surface area contributed by atoms with Gasteiger partial charge >= 0.3 is 5.97 Å².